The summed E-state index contributed by atoms with van der Waals surface area (Å²) >= 11 is 0. The van der Waals surface area contributed by atoms with E-state index >= 15 is 0 Å². The first-order chi connectivity index (χ1) is 8.72. The molecule has 0 aromatic rings. The lowest BCUT2D eigenvalue weighted by Gasteiger charge is -2.32. The van der Waals surface area contributed by atoms with Gasteiger partial charge in [-0.15, -0.1) is 0 Å². The molecule has 2 aliphatic rings. The first-order valence-corrected chi connectivity index (χ1v) is 7.29. The molecule has 0 aromatic heterocycles. The molecule has 1 aliphatic heterocycles. The molecular formula is C14H24N2O2. The van der Waals surface area contributed by atoms with Gasteiger partial charge in [-0.1, -0.05) is 12.8 Å². The maximum Gasteiger partial charge on any atom is 0.242 e. The van der Waals surface area contributed by atoms with Gasteiger partial charge in [0, 0.05) is 25.6 Å². The molecule has 4 nitrogen and oxygen atoms in total. The second kappa shape index (κ2) is 6.21. The molecule has 0 bridgehead atoms. The highest BCUT2D eigenvalue weighted by atomic mass is 16.2. The highest BCUT2D eigenvalue weighted by Crippen LogP contribution is 2.23. The molecule has 0 atom stereocenters. The van der Waals surface area contributed by atoms with Gasteiger partial charge in [0.15, 0.2) is 0 Å². The van der Waals surface area contributed by atoms with Crippen LogP contribution in [0, 0.1) is 0 Å². The van der Waals surface area contributed by atoms with Crippen molar-refractivity contribution in [1.82, 2.24) is 9.80 Å². The molecule has 1 heterocycles. The molecule has 2 fully saturated rings. The largest absolute Gasteiger partial charge is 0.338 e. The fourth-order valence-corrected chi connectivity index (χ4v) is 3.14. The quantitative estimate of drug-likeness (QED) is 0.765. The van der Waals surface area contributed by atoms with Crippen LogP contribution in [0.15, 0.2) is 0 Å². The average Bonchev–Trinajstić information content (AvgIpc) is 2.87. The zero-order valence-corrected chi connectivity index (χ0v) is 11.4. The first kappa shape index (κ1) is 13.4. The number of hydrogen-bond donors (Lipinski definition) is 0. The van der Waals surface area contributed by atoms with E-state index in [4.69, 9.17) is 0 Å². The summed E-state index contributed by atoms with van der Waals surface area (Å²) < 4.78 is 0. The highest BCUT2D eigenvalue weighted by Gasteiger charge is 2.28. The van der Waals surface area contributed by atoms with Crippen molar-refractivity contribution in [3.8, 4) is 0 Å². The standard InChI is InChI=1S/C14H24N2O2/c1-2-16(12-7-3-4-8-12)14(18)11-15-10-6-5-9-13(15)17/h12H,2-11H2,1H3. The Hall–Kier alpha value is -1.06. The Bertz CT molecular complexity index is 311. The molecule has 0 aromatic carbocycles. The maximum absolute atomic E-state index is 12.3. The molecule has 0 spiro atoms. The highest BCUT2D eigenvalue weighted by molar-refractivity contribution is 5.85. The Morgan fingerprint density at radius 3 is 2.61 bits per heavy atom. The molecule has 1 saturated carbocycles. The molecule has 4 heteroatoms. The zero-order valence-electron chi connectivity index (χ0n) is 11.4. The molecule has 0 N–H and O–H groups in total. The normalized spacial score (nSPS) is 21.4. The van der Waals surface area contributed by atoms with E-state index in [-0.39, 0.29) is 11.8 Å². The number of carbonyl (C=O) groups is 2. The number of amides is 2. The van der Waals surface area contributed by atoms with Crippen LogP contribution >= 0.6 is 0 Å². The van der Waals surface area contributed by atoms with Gasteiger partial charge < -0.3 is 9.80 Å². The van der Waals surface area contributed by atoms with Crippen LogP contribution in [0.1, 0.15) is 51.9 Å². The molecule has 1 saturated heterocycles. The minimum absolute atomic E-state index is 0.139. The van der Waals surface area contributed by atoms with Crippen LogP contribution in [0.3, 0.4) is 0 Å². The van der Waals surface area contributed by atoms with Crippen molar-refractivity contribution in [3.05, 3.63) is 0 Å². The van der Waals surface area contributed by atoms with E-state index in [2.05, 4.69) is 0 Å². The summed E-state index contributed by atoms with van der Waals surface area (Å²) in [6.45, 7) is 3.86. The zero-order chi connectivity index (χ0) is 13.0. The maximum atomic E-state index is 12.3. The summed E-state index contributed by atoms with van der Waals surface area (Å²) in [5.74, 6) is 0.289. The summed E-state index contributed by atoms with van der Waals surface area (Å²) in [5.41, 5.74) is 0. The van der Waals surface area contributed by atoms with E-state index in [1.165, 1.54) is 12.8 Å². The Morgan fingerprint density at radius 1 is 1.28 bits per heavy atom. The number of carbonyl (C=O) groups excluding carboxylic acids is 2. The van der Waals surface area contributed by atoms with Gasteiger partial charge in [0.05, 0.1) is 6.54 Å². The van der Waals surface area contributed by atoms with E-state index in [0.717, 1.165) is 38.8 Å². The first-order valence-electron chi connectivity index (χ1n) is 7.29. The molecule has 102 valence electrons. The number of hydrogen-bond acceptors (Lipinski definition) is 2. The van der Waals surface area contributed by atoms with Gasteiger partial charge in [0.2, 0.25) is 11.8 Å². The smallest absolute Gasteiger partial charge is 0.242 e. The van der Waals surface area contributed by atoms with Crippen LogP contribution in [0.25, 0.3) is 0 Å². The molecule has 0 unspecified atom stereocenters. The summed E-state index contributed by atoms with van der Waals surface area (Å²) in [7, 11) is 0. The van der Waals surface area contributed by atoms with E-state index in [9.17, 15) is 9.59 Å². The van der Waals surface area contributed by atoms with Crippen LogP contribution < -0.4 is 0 Å². The van der Waals surface area contributed by atoms with E-state index in [1.807, 2.05) is 11.8 Å². The summed E-state index contributed by atoms with van der Waals surface area (Å²) in [5, 5.41) is 0. The van der Waals surface area contributed by atoms with Crippen LogP contribution in [0.4, 0.5) is 0 Å². The van der Waals surface area contributed by atoms with Gasteiger partial charge in [0.1, 0.15) is 0 Å². The molecule has 2 rings (SSSR count). The predicted molar refractivity (Wildman–Crippen MR) is 70.1 cm³/mol. The van der Waals surface area contributed by atoms with Gasteiger partial charge in [-0.3, -0.25) is 9.59 Å². The lowest BCUT2D eigenvalue weighted by molar-refractivity contribution is -0.143. The van der Waals surface area contributed by atoms with Crippen LogP contribution in [-0.4, -0.2) is 47.3 Å². The van der Waals surface area contributed by atoms with Crippen molar-refractivity contribution in [2.75, 3.05) is 19.6 Å². The third-order valence-electron chi connectivity index (χ3n) is 4.17. The molecule has 0 radical (unpaired) electrons. The lowest BCUT2D eigenvalue weighted by Crippen LogP contribution is -2.47. The summed E-state index contributed by atoms with van der Waals surface area (Å²) in [6, 6.07) is 0.419. The molecule has 1 aliphatic carbocycles. The third kappa shape index (κ3) is 3.03. The summed E-state index contributed by atoms with van der Waals surface area (Å²) in [6.07, 6.45) is 7.36. The van der Waals surface area contributed by atoms with Crippen molar-refractivity contribution >= 4 is 11.8 Å². The van der Waals surface area contributed by atoms with Crippen molar-refractivity contribution in [2.45, 2.75) is 57.9 Å². The lowest BCUT2D eigenvalue weighted by atomic mass is 10.1. The number of likely N-dealkylation sites (tertiary alicyclic amines) is 1. The van der Waals surface area contributed by atoms with Gasteiger partial charge in [0.25, 0.3) is 0 Å². The SMILES string of the molecule is CCN(C(=O)CN1CCCCC1=O)C1CCCC1. The third-order valence-corrected chi connectivity index (χ3v) is 4.17. The Morgan fingerprint density at radius 2 is 2.00 bits per heavy atom. The Kier molecular flexibility index (Phi) is 4.61. The molecule has 2 amide bonds. The van der Waals surface area contributed by atoms with Gasteiger partial charge in [-0.05, 0) is 32.6 Å². The van der Waals surface area contributed by atoms with Gasteiger partial charge >= 0.3 is 0 Å². The van der Waals surface area contributed by atoms with Crippen LogP contribution in [-0.2, 0) is 9.59 Å². The number of nitrogens with zero attached hydrogens (tertiary/aromatic N) is 2. The van der Waals surface area contributed by atoms with Crippen molar-refractivity contribution in [3.63, 3.8) is 0 Å². The van der Waals surface area contributed by atoms with E-state index in [1.54, 1.807) is 4.90 Å². The number of piperidine rings is 1. The van der Waals surface area contributed by atoms with Gasteiger partial charge in [-0.2, -0.15) is 0 Å². The van der Waals surface area contributed by atoms with E-state index in [0.29, 0.717) is 19.0 Å². The second-order valence-corrected chi connectivity index (χ2v) is 5.39. The fourth-order valence-electron chi connectivity index (χ4n) is 3.14. The minimum Gasteiger partial charge on any atom is -0.338 e. The van der Waals surface area contributed by atoms with Crippen LogP contribution in [0.5, 0.6) is 0 Å². The molecular weight excluding hydrogens is 228 g/mol. The van der Waals surface area contributed by atoms with E-state index < -0.39 is 0 Å². The molecule has 18 heavy (non-hydrogen) atoms. The monoisotopic (exact) mass is 252 g/mol. The Labute approximate surface area is 109 Å². The Balaban J connectivity index is 1.90. The number of rotatable bonds is 4. The van der Waals surface area contributed by atoms with Crippen molar-refractivity contribution < 1.29 is 9.59 Å². The number of likely N-dealkylation sites (N-methyl/N-ethyl adjacent to an activating group) is 1. The topological polar surface area (TPSA) is 40.6 Å². The van der Waals surface area contributed by atoms with Crippen molar-refractivity contribution in [2.24, 2.45) is 0 Å². The van der Waals surface area contributed by atoms with Gasteiger partial charge in [-0.25, -0.2) is 0 Å². The second-order valence-electron chi connectivity index (χ2n) is 5.39. The fraction of sp³-hybridized carbons (Fsp3) is 0.857. The minimum atomic E-state index is 0.139. The van der Waals surface area contributed by atoms with Crippen molar-refractivity contribution in [1.29, 1.82) is 0 Å². The van der Waals surface area contributed by atoms with Crippen LogP contribution in [0.2, 0.25) is 0 Å². The summed E-state index contributed by atoms with van der Waals surface area (Å²) in [4.78, 5) is 27.7. The predicted octanol–water partition coefficient (Wildman–Crippen LogP) is 1.79. The average molecular weight is 252 g/mol.